The lowest BCUT2D eigenvalue weighted by molar-refractivity contribution is -0.0228. The number of aromatic hydroxyl groups is 4. The van der Waals surface area contributed by atoms with Crippen molar-refractivity contribution in [3.63, 3.8) is 0 Å². The molecule has 4 aliphatic rings. The average molecular weight is 781 g/mol. The van der Waals surface area contributed by atoms with Crippen LogP contribution in [0.4, 0.5) is 0 Å². The minimum Gasteiger partial charge on any atom is -0.504 e. The molecule has 0 saturated heterocycles. The van der Waals surface area contributed by atoms with Crippen molar-refractivity contribution in [1.29, 1.82) is 0 Å². The summed E-state index contributed by atoms with van der Waals surface area (Å²) in [4.78, 5) is 0. The van der Waals surface area contributed by atoms with Crippen LogP contribution in [0.25, 0.3) is 0 Å². The molecule has 6 aromatic rings. The summed E-state index contributed by atoms with van der Waals surface area (Å²) in [5, 5.41) is 61.6. The van der Waals surface area contributed by atoms with E-state index in [1.54, 1.807) is 6.07 Å². The SMILES string of the molecule is Cc1ccc2c(c1C)OCC1(O)Cc3cc(OCc4ccccc4)c(OCc4ccccc4)cc3C21.Oc1cc2c(cc1O)C1c3ccc(O)c(O)c3OCC1(O)C2. The van der Waals surface area contributed by atoms with Crippen molar-refractivity contribution in [3.05, 3.63) is 165 Å². The Hall–Kier alpha value is -6.36. The first kappa shape index (κ1) is 37.2. The van der Waals surface area contributed by atoms with E-state index in [0.29, 0.717) is 47.8 Å². The van der Waals surface area contributed by atoms with Gasteiger partial charge in [0.05, 0.1) is 0 Å². The van der Waals surface area contributed by atoms with Gasteiger partial charge in [0, 0.05) is 35.8 Å². The van der Waals surface area contributed by atoms with E-state index in [1.807, 2.05) is 48.5 Å². The lowest BCUT2D eigenvalue weighted by Gasteiger charge is -2.37. The summed E-state index contributed by atoms with van der Waals surface area (Å²) in [6.45, 7) is 5.27. The maximum Gasteiger partial charge on any atom is 0.200 e. The zero-order chi connectivity index (χ0) is 40.3. The number of phenolic OH excluding ortho intramolecular Hbond substituents is 4. The number of benzene rings is 6. The summed E-state index contributed by atoms with van der Waals surface area (Å²) < 4.78 is 24.2. The molecule has 6 N–H and O–H groups in total. The Morgan fingerprint density at radius 1 is 0.552 bits per heavy atom. The molecule has 0 saturated carbocycles. The minimum absolute atomic E-state index is 0.0577. The average Bonchev–Trinajstić information content (AvgIpc) is 3.69. The Morgan fingerprint density at radius 2 is 1.05 bits per heavy atom. The molecule has 4 unspecified atom stereocenters. The van der Waals surface area contributed by atoms with E-state index in [0.717, 1.165) is 39.1 Å². The van der Waals surface area contributed by atoms with E-state index in [-0.39, 0.29) is 54.3 Å². The predicted octanol–water partition coefficient (Wildman–Crippen LogP) is 7.59. The van der Waals surface area contributed by atoms with Crippen LogP contribution in [0.3, 0.4) is 0 Å². The molecule has 0 amide bonds. The second-order valence-corrected chi connectivity index (χ2v) is 15.9. The third kappa shape index (κ3) is 6.38. The van der Waals surface area contributed by atoms with Crippen LogP contribution in [0.2, 0.25) is 0 Å². The number of fused-ring (bicyclic) bond motifs is 10. The Kier molecular flexibility index (Phi) is 9.13. The second kappa shape index (κ2) is 14.2. The molecule has 6 aromatic carbocycles. The van der Waals surface area contributed by atoms with Crippen molar-refractivity contribution in [2.75, 3.05) is 13.2 Å². The van der Waals surface area contributed by atoms with Gasteiger partial charge in [0.25, 0.3) is 0 Å². The highest BCUT2D eigenvalue weighted by atomic mass is 16.5. The van der Waals surface area contributed by atoms with E-state index in [9.17, 15) is 30.6 Å². The molecule has 10 heteroatoms. The molecular weight excluding hydrogens is 737 g/mol. The Morgan fingerprint density at radius 3 is 1.67 bits per heavy atom. The first-order valence-corrected chi connectivity index (χ1v) is 19.3. The summed E-state index contributed by atoms with van der Waals surface area (Å²) in [6.07, 6.45) is 0.780. The maximum atomic E-state index is 11.7. The quantitative estimate of drug-likeness (QED) is 0.0931. The molecule has 0 spiro atoms. The third-order valence-corrected chi connectivity index (χ3v) is 12.0. The lowest BCUT2D eigenvalue weighted by Crippen LogP contribution is -2.44. The standard InChI is InChI=1S/C32H30O4.C16H14O6/c1-21-13-14-26-30-27-16-29(35-19-24-11-7-4-8-12-24)28(34-18-23-9-5-3-6-10-23)15-25(27)17-32(30,33)20-36-31(26)22(21)2;17-10-2-1-8-13-9-4-12(19)11(18)3-7(9)5-16(13,21)6-22-15(8)14(10)20/h3-16,30,33H,17-20H2,1-2H3;1-4,13,17-21H,5-6H2. The van der Waals surface area contributed by atoms with Crippen LogP contribution in [-0.4, -0.2) is 55.1 Å². The molecule has 2 aliphatic carbocycles. The number of hydrogen-bond donors (Lipinski definition) is 6. The highest BCUT2D eigenvalue weighted by molar-refractivity contribution is 5.64. The molecule has 4 atom stereocenters. The number of aryl methyl sites for hydroxylation is 1. The first-order chi connectivity index (χ1) is 27.9. The lowest BCUT2D eigenvalue weighted by atomic mass is 9.79. The fraction of sp³-hybridized carbons (Fsp3) is 0.250. The zero-order valence-corrected chi connectivity index (χ0v) is 32.1. The summed E-state index contributed by atoms with van der Waals surface area (Å²) in [5.74, 6) is 0.569. The predicted molar refractivity (Wildman–Crippen MR) is 215 cm³/mol. The third-order valence-electron chi connectivity index (χ3n) is 12.0. The Bertz CT molecular complexity index is 2540. The van der Waals surface area contributed by atoms with Gasteiger partial charge in [-0.2, -0.15) is 0 Å². The van der Waals surface area contributed by atoms with Crippen LogP contribution in [0.15, 0.2) is 109 Å². The van der Waals surface area contributed by atoms with Crippen LogP contribution in [0, 0.1) is 13.8 Å². The molecule has 2 aliphatic heterocycles. The molecule has 58 heavy (non-hydrogen) atoms. The van der Waals surface area contributed by atoms with Gasteiger partial charge in [-0.3, -0.25) is 0 Å². The zero-order valence-electron chi connectivity index (χ0n) is 32.1. The van der Waals surface area contributed by atoms with Crippen LogP contribution in [0.5, 0.6) is 46.0 Å². The van der Waals surface area contributed by atoms with Crippen molar-refractivity contribution in [3.8, 4) is 46.0 Å². The van der Waals surface area contributed by atoms with Crippen molar-refractivity contribution in [2.24, 2.45) is 0 Å². The number of hydrogen-bond acceptors (Lipinski definition) is 10. The number of ether oxygens (including phenoxy) is 4. The van der Waals surface area contributed by atoms with Crippen LogP contribution >= 0.6 is 0 Å². The smallest absolute Gasteiger partial charge is 0.200 e. The van der Waals surface area contributed by atoms with Gasteiger partial charge < -0.3 is 49.6 Å². The first-order valence-electron chi connectivity index (χ1n) is 19.3. The van der Waals surface area contributed by atoms with E-state index in [1.165, 1.54) is 23.8 Å². The molecule has 2 heterocycles. The van der Waals surface area contributed by atoms with Crippen LogP contribution < -0.4 is 18.9 Å². The summed E-state index contributed by atoms with van der Waals surface area (Å²) in [7, 11) is 0. The largest absolute Gasteiger partial charge is 0.504 e. The fourth-order valence-corrected chi connectivity index (χ4v) is 9.00. The number of aliphatic hydroxyl groups is 2. The van der Waals surface area contributed by atoms with Gasteiger partial charge in [-0.15, -0.1) is 0 Å². The summed E-state index contributed by atoms with van der Waals surface area (Å²) in [6, 6.07) is 34.4. The monoisotopic (exact) mass is 780 g/mol. The van der Waals surface area contributed by atoms with E-state index < -0.39 is 17.1 Å². The normalized spacial score (nSPS) is 21.7. The van der Waals surface area contributed by atoms with Crippen molar-refractivity contribution in [1.82, 2.24) is 0 Å². The molecule has 10 nitrogen and oxygen atoms in total. The van der Waals surface area contributed by atoms with Crippen molar-refractivity contribution in [2.45, 2.75) is 62.9 Å². The van der Waals surface area contributed by atoms with Gasteiger partial charge in [-0.05, 0) is 88.7 Å². The van der Waals surface area contributed by atoms with E-state index in [2.05, 4.69) is 50.2 Å². The minimum atomic E-state index is -1.22. The molecule has 0 aromatic heterocycles. The molecule has 0 fully saturated rings. The molecule has 0 radical (unpaired) electrons. The topological polar surface area (TPSA) is 158 Å². The van der Waals surface area contributed by atoms with E-state index in [4.69, 9.17) is 18.9 Å². The fourth-order valence-electron chi connectivity index (χ4n) is 9.00. The highest BCUT2D eigenvalue weighted by Crippen LogP contribution is 2.56. The maximum absolute atomic E-state index is 11.7. The Labute approximate surface area is 335 Å². The van der Waals surface area contributed by atoms with Gasteiger partial charge in [0.1, 0.15) is 43.4 Å². The summed E-state index contributed by atoms with van der Waals surface area (Å²) in [5.41, 5.74) is 7.40. The van der Waals surface area contributed by atoms with Crippen LogP contribution in [0.1, 0.15) is 67.5 Å². The van der Waals surface area contributed by atoms with Crippen molar-refractivity contribution >= 4 is 0 Å². The molecular formula is C48H44O10. The molecule has 296 valence electrons. The summed E-state index contributed by atoms with van der Waals surface area (Å²) >= 11 is 0. The van der Waals surface area contributed by atoms with Gasteiger partial charge >= 0.3 is 0 Å². The van der Waals surface area contributed by atoms with Crippen LogP contribution in [-0.2, 0) is 26.1 Å². The van der Waals surface area contributed by atoms with Gasteiger partial charge in [0.15, 0.2) is 34.5 Å². The molecule has 10 rings (SSSR count). The Balaban J connectivity index is 0.000000169. The van der Waals surface area contributed by atoms with Gasteiger partial charge in [-0.1, -0.05) is 78.9 Å². The molecule has 0 bridgehead atoms. The number of rotatable bonds is 6. The van der Waals surface area contributed by atoms with Gasteiger partial charge in [-0.25, -0.2) is 0 Å². The highest BCUT2D eigenvalue weighted by Gasteiger charge is 2.52. The van der Waals surface area contributed by atoms with Crippen molar-refractivity contribution < 1.29 is 49.6 Å². The van der Waals surface area contributed by atoms with E-state index >= 15 is 0 Å². The second-order valence-electron chi connectivity index (χ2n) is 15.9. The van der Waals surface area contributed by atoms with Gasteiger partial charge in [0.2, 0.25) is 5.75 Å². The number of phenols is 4.